The van der Waals surface area contributed by atoms with Crippen molar-refractivity contribution in [2.45, 2.75) is 6.54 Å². The Kier molecular flexibility index (Phi) is 4.68. The zero-order valence-corrected chi connectivity index (χ0v) is 12.1. The third-order valence-electron chi connectivity index (χ3n) is 2.48. The summed E-state index contributed by atoms with van der Waals surface area (Å²) in [7, 11) is 1.90. The molecule has 0 aromatic carbocycles. The van der Waals surface area contributed by atoms with E-state index < -0.39 is 0 Å². The second kappa shape index (κ2) is 6.48. The Bertz CT molecular complexity index is 583. The van der Waals surface area contributed by atoms with Crippen molar-refractivity contribution >= 4 is 33.6 Å². The Labute approximate surface area is 119 Å². The van der Waals surface area contributed by atoms with E-state index in [4.69, 9.17) is 5.26 Å². The summed E-state index contributed by atoms with van der Waals surface area (Å²) in [5.74, 6) is -0.100. The van der Waals surface area contributed by atoms with Crippen LogP contribution in [0.15, 0.2) is 28.3 Å². The van der Waals surface area contributed by atoms with Crippen molar-refractivity contribution < 1.29 is 4.79 Å². The Morgan fingerprint density at radius 1 is 1.47 bits per heavy atom. The molecule has 0 saturated heterocycles. The Hall–Kier alpha value is -1.68. The number of nitriles is 1. The first-order valence-corrected chi connectivity index (χ1v) is 7.48. The lowest BCUT2D eigenvalue weighted by atomic mass is 10.3. The fourth-order valence-electron chi connectivity index (χ4n) is 1.66. The monoisotopic (exact) mass is 291 g/mol. The predicted octanol–water partition coefficient (Wildman–Crippen LogP) is 2.75. The zero-order chi connectivity index (χ0) is 13.7. The molecule has 0 bridgehead atoms. The highest BCUT2D eigenvalue weighted by Gasteiger charge is 2.10. The topological polar surface area (TPSA) is 56.1 Å². The lowest BCUT2D eigenvalue weighted by Crippen LogP contribution is -2.29. The van der Waals surface area contributed by atoms with Crippen LogP contribution in [0.25, 0.3) is 0 Å². The van der Waals surface area contributed by atoms with Crippen molar-refractivity contribution in [1.82, 2.24) is 4.90 Å². The summed E-state index contributed by atoms with van der Waals surface area (Å²) in [6, 6.07) is 5.81. The zero-order valence-electron chi connectivity index (χ0n) is 10.4. The van der Waals surface area contributed by atoms with Crippen molar-refractivity contribution in [1.29, 1.82) is 5.26 Å². The quantitative estimate of drug-likeness (QED) is 0.921. The van der Waals surface area contributed by atoms with Crippen LogP contribution in [0.4, 0.5) is 5.00 Å². The van der Waals surface area contributed by atoms with E-state index in [0.29, 0.717) is 17.1 Å². The van der Waals surface area contributed by atoms with Crippen molar-refractivity contribution in [2.24, 2.45) is 0 Å². The standard InChI is InChI=1S/C13H13N3OS2/c1-16(7-10-2-4-18-9-10)8-12(17)15-13-11(6-14)3-5-19-13/h2-5,9H,7-8H2,1H3,(H,15,17). The lowest BCUT2D eigenvalue weighted by Gasteiger charge is -2.15. The molecule has 0 saturated carbocycles. The van der Waals surface area contributed by atoms with Gasteiger partial charge in [0.15, 0.2) is 0 Å². The van der Waals surface area contributed by atoms with Gasteiger partial charge in [-0.2, -0.15) is 16.6 Å². The van der Waals surface area contributed by atoms with Gasteiger partial charge in [0.2, 0.25) is 5.91 Å². The van der Waals surface area contributed by atoms with Gasteiger partial charge in [0.25, 0.3) is 0 Å². The third kappa shape index (κ3) is 3.89. The molecule has 0 fully saturated rings. The molecule has 0 radical (unpaired) electrons. The number of amides is 1. The molecular weight excluding hydrogens is 278 g/mol. The van der Waals surface area contributed by atoms with Crippen LogP contribution in [0, 0.1) is 11.3 Å². The molecule has 0 spiro atoms. The number of nitrogens with zero attached hydrogens (tertiary/aromatic N) is 2. The number of rotatable bonds is 5. The number of thiophene rings is 2. The SMILES string of the molecule is CN(CC(=O)Nc1sccc1C#N)Cc1ccsc1. The lowest BCUT2D eigenvalue weighted by molar-refractivity contribution is -0.117. The molecule has 0 aliphatic heterocycles. The first-order valence-electron chi connectivity index (χ1n) is 5.66. The summed E-state index contributed by atoms with van der Waals surface area (Å²) in [5.41, 5.74) is 1.72. The molecule has 98 valence electrons. The number of hydrogen-bond donors (Lipinski definition) is 1. The molecule has 2 aromatic heterocycles. The van der Waals surface area contributed by atoms with E-state index in [1.807, 2.05) is 23.4 Å². The average molecular weight is 291 g/mol. The molecule has 19 heavy (non-hydrogen) atoms. The van der Waals surface area contributed by atoms with Crippen molar-refractivity contribution in [3.63, 3.8) is 0 Å². The van der Waals surface area contributed by atoms with Crippen LogP contribution in [0.5, 0.6) is 0 Å². The van der Waals surface area contributed by atoms with E-state index in [0.717, 1.165) is 6.54 Å². The molecular formula is C13H13N3OS2. The minimum Gasteiger partial charge on any atom is -0.315 e. The smallest absolute Gasteiger partial charge is 0.239 e. The number of carbonyl (C=O) groups is 1. The van der Waals surface area contributed by atoms with Gasteiger partial charge in [-0.25, -0.2) is 0 Å². The predicted molar refractivity (Wildman–Crippen MR) is 78.3 cm³/mol. The summed E-state index contributed by atoms with van der Waals surface area (Å²) < 4.78 is 0. The number of nitrogens with one attached hydrogen (secondary N) is 1. The fourth-order valence-corrected chi connectivity index (χ4v) is 3.07. The molecule has 2 heterocycles. The van der Waals surface area contributed by atoms with Crippen LogP contribution in [0.3, 0.4) is 0 Å². The van der Waals surface area contributed by atoms with Crippen molar-refractivity contribution in [3.8, 4) is 6.07 Å². The van der Waals surface area contributed by atoms with Gasteiger partial charge in [0, 0.05) is 6.54 Å². The molecule has 0 unspecified atom stereocenters. The van der Waals surface area contributed by atoms with Crippen molar-refractivity contribution in [2.75, 3.05) is 18.9 Å². The molecule has 0 atom stereocenters. The second-order valence-corrected chi connectivity index (χ2v) is 5.82. The molecule has 2 rings (SSSR count). The molecule has 6 heteroatoms. The van der Waals surface area contributed by atoms with E-state index >= 15 is 0 Å². The van der Waals surface area contributed by atoms with Gasteiger partial charge >= 0.3 is 0 Å². The average Bonchev–Trinajstić information content (AvgIpc) is 2.99. The molecule has 1 amide bonds. The first-order chi connectivity index (χ1) is 9.19. The Morgan fingerprint density at radius 3 is 3.00 bits per heavy atom. The largest absolute Gasteiger partial charge is 0.315 e. The highest BCUT2D eigenvalue weighted by Crippen LogP contribution is 2.21. The van der Waals surface area contributed by atoms with Crippen LogP contribution in [0.1, 0.15) is 11.1 Å². The maximum atomic E-state index is 11.9. The Morgan fingerprint density at radius 2 is 2.32 bits per heavy atom. The van der Waals surface area contributed by atoms with Crippen LogP contribution in [-0.2, 0) is 11.3 Å². The molecule has 1 N–H and O–H groups in total. The van der Waals surface area contributed by atoms with E-state index in [1.54, 1.807) is 22.8 Å². The number of likely N-dealkylation sites (N-methyl/N-ethyl adjacent to an activating group) is 1. The molecule has 0 aliphatic rings. The number of hydrogen-bond acceptors (Lipinski definition) is 5. The van der Waals surface area contributed by atoms with E-state index in [9.17, 15) is 4.79 Å². The highest BCUT2D eigenvalue weighted by molar-refractivity contribution is 7.14. The third-order valence-corrected chi connectivity index (χ3v) is 4.05. The van der Waals surface area contributed by atoms with E-state index in [1.165, 1.54) is 16.9 Å². The minimum atomic E-state index is -0.100. The van der Waals surface area contributed by atoms with Crippen LogP contribution in [0.2, 0.25) is 0 Å². The second-order valence-electron chi connectivity index (χ2n) is 4.13. The summed E-state index contributed by atoms with van der Waals surface area (Å²) in [4.78, 5) is 13.8. The minimum absolute atomic E-state index is 0.100. The van der Waals surface area contributed by atoms with Gasteiger partial charge in [-0.05, 0) is 40.9 Å². The summed E-state index contributed by atoms with van der Waals surface area (Å²) in [6.07, 6.45) is 0. The molecule has 4 nitrogen and oxygen atoms in total. The van der Waals surface area contributed by atoms with Gasteiger partial charge in [-0.1, -0.05) is 0 Å². The van der Waals surface area contributed by atoms with Crippen molar-refractivity contribution in [3.05, 3.63) is 39.4 Å². The van der Waals surface area contributed by atoms with Crippen LogP contribution in [-0.4, -0.2) is 24.4 Å². The van der Waals surface area contributed by atoms with E-state index in [-0.39, 0.29) is 5.91 Å². The highest BCUT2D eigenvalue weighted by atomic mass is 32.1. The van der Waals surface area contributed by atoms with E-state index in [2.05, 4.69) is 16.8 Å². The van der Waals surface area contributed by atoms with Gasteiger partial charge in [-0.15, -0.1) is 11.3 Å². The van der Waals surface area contributed by atoms with Gasteiger partial charge < -0.3 is 5.32 Å². The molecule has 2 aromatic rings. The summed E-state index contributed by atoms with van der Waals surface area (Å²) in [5, 5.41) is 18.1. The van der Waals surface area contributed by atoms with Gasteiger partial charge in [0.05, 0.1) is 12.1 Å². The maximum Gasteiger partial charge on any atom is 0.239 e. The van der Waals surface area contributed by atoms with Crippen LogP contribution < -0.4 is 5.32 Å². The summed E-state index contributed by atoms with van der Waals surface area (Å²) in [6.45, 7) is 1.05. The number of carbonyl (C=O) groups excluding carboxylic acids is 1. The summed E-state index contributed by atoms with van der Waals surface area (Å²) >= 11 is 3.01. The normalized spacial score (nSPS) is 10.4. The number of anilines is 1. The molecule has 0 aliphatic carbocycles. The fraction of sp³-hybridized carbons (Fsp3) is 0.231. The van der Waals surface area contributed by atoms with Crippen LogP contribution >= 0.6 is 22.7 Å². The van der Waals surface area contributed by atoms with Gasteiger partial charge in [0.1, 0.15) is 11.1 Å². The first kappa shape index (κ1) is 13.7. The Balaban J connectivity index is 1.86. The maximum absolute atomic E-state index is 11.9. The van der Waals surface area contributed by atoms with Gasteiger partial charge in [-0.3, -0.25) is 9.69 Å².